The van der Waals surface area contributed by atoms with Gasteiger partial charge in [-0.1, -0.05) is 35.9 Å². The normalized spacial score (nSPS) is 17.0. The Balaban J connectivity index is 1.65. The lowest BCUT2D eigenvalue weighted by Crippen LogP contribution is -2.29. The van der Waals surface area contributed by atoms with E-state index in [1.165, 1.54) is 0 Å². The molecular formula is C19H18ClNO3. The summed E-state index contributed by atoms with van der Waals surface area (Å²) in [5, 5.41) is 9.54. The molecule has 4 nitrogen and oxygen atoms in total. The van der Waals surface area contributed by atoms with Gasteiger partial charge in [-0.25, -0.2) is 4.79 Å². The number of hydrogen-bond acceptors (Lipinski definition) is 2. The number of rotatable bonds is 4. The number of halogens is 1. The van der Waals surface area contributed by atoms with Gasteiger partial charge in [0.25, 0.3) is 5.91 Å². The fourth-order valence-electron chi connectivity index (χ4n) is 3.15. The molecule has 0 radical (unpaired) electrons. The number of carboxylic acid groups (broad SMARTS) is 1. The van der Waals surface area contributed by atoms with Gasteiger partial charge in [0.05, 0.1) is 16.1 Å². The van der Waals surface area contributed by atoms with Crippen LogP contribution in [0.3, 0.4) is 0 Å². The molecular weight excluding hydrogens is 326 g/mol. The lowest BCUT2D eigenvalue weighted by molar-refractivity contribution is 0.0696. The van der Waals surface area contributed by atoms with E-state index in [0.29, 0.717) is 35.2 Å². The Labute approximate surface area is 145 Å². The largest absolute Gasteiger partial charge is 0.478 e. The molecule has 1 saturated heterocycles. The topological polar surface area (TPSA) is 57.6 Å². The fraction of sp³-hybridized carbons (Fsp3) is 0.263. The molecule has 2 aromatic carbocycles. The molecule has 124 valence electrons. The molecule has 0 aliphatic carbocycles. The second kappa shape index (κ2) is 7.05. The van der Waals surface area contributed by atoms with Gasteiger partial charge in [0.1, 0.15) is 0 Å². The zero-order valence-electron chi connectivity index (χ0n) is 13.1. The number of amides is 1. The van der Waals surface area contributed by atoms with Crippen molar-refractivity contribution in [2.45, 2.75) is 12.8 Å². The van der Waals surface area contributed by atoms with E-state index < -0.39 is 5.97 Å². The second-order valence-corrected chi connectivity index (χ2v) is 6.50. The zero-order valence-corrected chi connectivity index (χ0v) is 13.9. The summed E-state index contributed by atoms with van der Waals surface area (Å²) in [4.78, 5) is 25.5. The molecule has 0 aromatic heterocycles. The molecule has 1 unspecified atom stereocenters. The average Bonchev–Trinajstić information content (AvgIpc) is 3.03. The quantitative estimate of drug-likeness (QED) is 0.920. The van der Waals surface area contributed by atoms with E-state index in [1.54, 1.807) is 36.4 Å². The summed E-state index contributed by atoms with van der Waals surface area (Å²) >= 11 is 6.11. The number of carboxylic acids is 1. The molecule has 1 heterocycles. The summed E-state index contributed by atoms with van der Waals surface area (Å²) in [7, 11) is 0. The lowest BCUT2D eigenvalue weighted by Gasteiger charge is -2.17. The van der Waals surface area contributed by atoms with E-state index in [2.05, 4.69) is 0 Å². The highest BCUT2D eigenvalue weighted by atomic mass is 35.5. The molecule has 2 aromatic rings. The van der Waals surface area contributed by atoms with Gasteiger partial charge < -0.3 is 10.0 Å². The van der Waals surface area contributed by atoms with Crippen LogP contribution in [0.25, 0.3) is 0 Å². The summed E-state index contributed by atoms with van der Waals surface area (Å²) in [6, 6.07) is 14.1. The molecule has 1 atom stereocenters. The van der Waals surface area contributed by atoms with Crippen LogP contribution in [-0.2, 0) is 6.42 Å². The number of aromatic carboxylic acids is 1. The van der Waals surface area contributed by atoms with Gasteiger partial charge >= 0.3 is 5.97 Å². The standard InChI is InChI=1S/C19H18ClNO3/c20-17-7-2-1-6-16(17)18(22)21-9-8-14(12-21)10-13-4-3-5-15(11-13)19(23)24/h1-7,11,14H,8-10,12H2,(H,23,24). The second-order valence-electron chi connectivity index (χ2n) is 6.10. The Morgan fingerprint density at radius 1 is 1.17 bits per heavy atom. The fourth-order valence-corrected chi connectivity index (χ4v) is 3.37. The first-order valence-corrected chi connectivity index (χ1v) is 8.28. The summed E-state index contributed by atoms with van der Waals surface area (Å²) in [5.41, 5.74) is 1.83. The number of nitrogens with zero attached hydrogens (tertiary/aromatic N) is 1. The van der Waals surface area contributed by atoms with E-state index in [0.717, 1.165) is 18.4 Å². The number of hydrogen-bond donors (Lipinski definition) is 1. The number of carbonyl (C=O) groups is 2. The van der Waals surface area contributed by atoms with Gasteiger partial charge in [0.2, 0.25) is 0 Å². The third kappa shape index (κ3) is 3.60. The van der Waals surface area contributed by atoms with Crippen molar-refractivity contribution in [1.82, 2.24) is 4.90 Å². The van der Waals surface area contributed by atoms with Crippen LogP contribution < -0.4 is 0 Å². The first kappa shape index (κ1) is 16.5. The van der Waals surface area contributed by atoms with Gasteiger partial charge in [-0.15, -0.1) is 0 Å². The van der Waals surface area contributed by atoms with Crippen molar-refractivity contribution in [2.75, 3.05) is 13.1 Å². The van der Waals surface area contributed by atoms with E-state index >= 15 is 0 Å². The maximum Gasteiger partial charge on any atom is 0.335 e. The molecule has 0 bridgehead atoms. The van der Waals surface area contributed by atoms with Crippen molar-refractivity contribution < 1.29 is 14.7 Å². The first-order valence-electron chi connectivity index (χ1n) is 7.90. The highest BCUT2D eigenvalue weighted by Gasteiger charge is 2.28. The van der Waals surface area contributed by atoms with Gasteiger partial charge in [-0.3, -0.25) is 4.79 Å². The van der Waals surface area contributed by atoms with Crippen LogP contribution in [0.15, 0.2) is 48.5 Å². The SMILES string of the molecule is O=C(O)c1cccc(CC2CCN(C(=O)c3ccccc3Cl)C2)c1. The van der Waals surface area contributed by atoms with E-state index in [9.17, 15) is 9.59 Å². The first-order chi connectivity index (χ1) is 11.5. The Bertz CT molecular complexity index is 775. The van der Waals surface area contributed by atoms with Gasteiger partial charge in [-0.05, 0) is 48.6 Å². The maximum atomic E-state index is 12.6. The molecule has 24 heavy (non-hydrogen) atoms. The predicted molar refractivity (Wildman–Crippen MR) is 92.6 cm³/mol. The van der Waals surface area contributed by atoms with Crippen LogP contribution in [0.2, 0.25) is 5.02 Å². The van der Waals surface area contributed by atoms with E-state index in [-0.39, 0.29) is 5.91 Å². The van der Waals surface area contributed by atoms with Gasteiger partial charge in [0, 0.05) is 13.1 Å². The van der Waals surface area contributed by atoms with Crippen molar-refractivity contribution in [1.29, 1.82) is 0 Å². The van der Waals surface area contributed by atoms with Crippen LogP contribution in [-0.4, -0.2) is 35.0 Å². The highest BCUT2D eigenvalue weighted by Crippen LogP contribution is 2.25. The number of carbonyl (C=O) groups excluding carboxylic acids is 1. The summed E-state index contributed by atoms with van der Waals surface area (Å²) in [6.07, 6.45) is 1.68. The van der Waals surface area contributed by atoms with E-state index in [1.807, 2.05) is 17.0 Å². The van der Waals surface area contributed by atoms with Crippen molar-refractivity contribution in [3.8, 4) is 0 Å². The molecule has 1 aliphatic rings. The highest BCUT2D eigenvalue weighted by molar-refractivity contribution is 6.33. The predicted octanol–water partition coefficient (Wildman–Crippen LogP) is 3.74. The summed E-state index contributed by atoms with van der Waals surface area (Å²) in [5.74, 6) is -0.623. The molecule has 0 spiro atoms. The summed E-state index contributed by atoms with van der Waals surface area (Å²) < 4.78 is 0. The van der Waals surface area contributed by atoms with Crippen LogP contribution in [0.1, 0.15) is 32.7 Å². The zero-order chi connectivity index (χ0) is 17.1. The average molecular weight is 344 g/mol. The molecule has 3 rings (SSSR count). The molecule has 0 saturated carbocycles. The molecule has 1 N–H and O–H groups in total. The third-order valence-electron chi connectivity index (χ3n) is 4.38. The Hall–Kier alpha value is -2.33. The van der Waals surface area contributed by atoms with Gasteiger partial charge in [-0.2, -0.15) is 0 Å². The van der Waals surface area contributed by atoms with Crippen molar-refractivity contribution in [3.05, 3.63) is 70.2 Å². The Morgan fingerprint density at radius 2 is 1.96 bits per heavy atom. The molecule has 1 amide bonds. The minimum Gasteiger partial charge on any atom is -0.478 e. The minimum absolute atomic E-state index is 0.0395. The lowest BCUT2D eigenvalue weighted by atomic mass is 9.97. The minimum atomic E-state index is -0.918. The molecule has 1 fully saturated rings. The van der Waals surface area contributed by atoms with Crippen LogP contribution in [0, 0.1) is 5.92 Å². The third-order valence-corrected chi connectivity index (χ3v) is 4.71. The maximum absolute atomic E-state index is 12.6. The monoisotopic (exact) mass is 343 g/mol. The smallest absolute Gasteiger partial charge is 0.335 e. The van der Waals surface area contributed by atoms with Crippen LogP contribution >= 0.6 is 11.6 Å². The molecule has 5 heteroatoms. The van der Waals surface area contributed by atoms with Crippen LogP contribution in [0.5, 0.6) is 0 Å². The number of benzene rings is 2. The van der Waals surface area contributed by atoms with Crippen molar-refractivity contribution >= 4 is 23.5 Å². The molecule has 1 aliphatic heterocycles. The van der Waals surface area contributed by atoms with Crippen LogP contribution in [0.4, 0.5) is 0 Å². The van der Waals surface area contributed by atoms with Gasteiger partial charge in [0.15, 0.2) is 0 Å². The Kier molecular flexibility index (Phi) is 4.86. The Morgan fingerprint density at radius 3 is 2.71 bits per heavy atom. The summed E-state index contributed by atoms with van der Waals surface area (Å²) in [6.45, 7) is 1.37. The van der Waals surface area contributed by atoms with E-state index in [4.69, 9.17) is 16.7 Å². The van der Waals surface area contributed by atoms with Crippen molar-refractivity contribution in [3.63, 3.8) is 0 Å². The van der Waals surface area contributed by atoms with Crippen molar-refractivity contribution in [2.24, 2.45) is 5.92 Å². The number of likely N-dealkylation sites (tertiary alicyclic amines) is 1.